The van der Waals surface area contributed by atoms with Crippen molar-refractivity contribution in [1.29, 1.82) is 0 Å². The van der Waals surface area contributed by atoms with Crippen LogP contribution in [0.1, 0.15) is 35.9 Å². The minimum atomic E-state index is -1.31. The third kappa shape index (κ3) is 5.92. The van der Waals surface area contributed by atoms with Gasteiger partial charge in [-0.2, -0.15) is 5.10 Å². The molecule has 4 atom stereocenters. The Kier molecular flexibility index (Phi) is 8.27. The van der Waals surface area contributed by atoms with E-state index in [1.807, 2.05) is 21.3 Å². The van der Waals surface area contributed by atoms with E-state index in [9.17, 15) is 27.7 Å². The van der Waals surface area contributed by atoms with Crippen molar-refractivity contribution in [2.45, 2.75) is 24.8 Å². The molecule has 1 amide bonds. The van der Waals surface area contributed by atoms with Gasteiger partial charge in [0.1, 0.15) is 23.2 Å². The van der Waals surface area contributed by atoms with Crippen LogP contribution in [0.3, 0.4) is 0 Å². The number of aromatic amines is 1. The molecule has 2 N–H and O–H groups in total. The third-order valence-corrected chi connectivity index (χ3v) is 8.85. The van der Waals surface area contributed by atoms with Gasteiger partial charge in [0, 0.05) is 63.1 Å². The zero-order valence-corrected chi connectivity index (χ0v) is 22.8. The quantitative estimate of drug-likeness (QED) is 0.488. The average molecular weight is 572 g/mol. The number of benzene rings is 2. The molecule has 40 heavy (non-hydrogen) atoms. The molecule has 12 heteroatoms. The predicted octanol–water partition coefficient (Wildman–Crippen LogP) is 2.93. The van der Waals surface area contributed by atoms with Crippen LogP contribution in [0.5, 0.6) is 5.75 Å². The molecule has 0 bridgehead atoms. The summed E-state index contributed by atoms with van der Waals surface area (Å²) in [7, 11) is -1.31. The summed E-state index contributed by atoms with van der Waals surface area (Å²) < 4.78 is 43.3. The highest BCUT2D eigenvalue weighted by molar-refractivity contribution is 7.81. The lowest BCUT2D eigenvalue weighted by Gasteiger charge is -2.36. The first-order chi connectivity index (χ1) is 19.2. The minimum Gasteiger partial charge on any atom is -0.508 e. The number of rotatable bonds is 5. The van der Waals surface area contributed by atoms with Crippen molar-refractivity contribution >= 4 is 22.7 Å². The van der Waals surface area contributed by atoms with Gasteiger partial charge in [0.15, 0.2) is 0 Å². The SMILES string of the molecule is CS(=O)N1CCN(C(=O)[C@@H]2CN(c3ccc(=O)[nH]n3)C[C@H]2c2ccc(F)cc2F)CCCC1c1ccc(O)cc1. The van der Waals surface area contributed by atoms with Gasteiger partial charge >= 0.3 is 0 Å². The van der Waals surface area contributed by atoms with Crippen molar-refractivity contribution in [3.63, 3.8) is 0 Å². The number of anilines is 1. The van der Waals surface area contributed by atoms with E-state index in [0.29, 0.717) is 38.3 Å². The van der Waals surface area contributed by atoms with E-state index in [4.69, 9.17) is 0 Å². The van der Waals surface area contributed by atoms with Gasteiger partial charge < -0.3 is 14.9 Å². The van der Waals surface area contributed by atoms with Crippen LogP contribution in [-0.4, -0.2) is 73.6 Å². The first-order valence-corrected chi connectivity index (χ1v) is 14.7. The fourth-order valence-electron chi connectivity index (χ4n) is 5.77. The molecule has 2 saturated heterocycles. The molecule has 2 aliphatic heterocycles. The number of hydrogen-bond acceptors (Lipinski definition) is 6. The Labute approximate surface area is 233 Å². The van der Waals surface area contributed by atoms with Gasteiger partial charge in [0.2, 0.25) is 5.91 Å². The first kappa shape index (κ1) is 27.9. The lowest BCUT2D eigenvalue weighted by Crippen LogP contribution is -2.46. The highest BCUT2D eigenvalue weighted by Gasteiger charge is 2.42. The largest absolute Gasteiger partial charge is 0.508 e. The fraction of sp³-hybridized carbons (Fsp3) is 0.393. The zero-order chi connectivity index (χ0) is 28.4. The number of amides is 1. The number of aromatic nitrogens is 2. The molecule has 3 heterocycles. The van der Waals surface area contributed by atoms with Crippen molar-refractivity contribution < 1.29 is 22.9 Å². The second-order valence-electron chi connectivity index (χ2n) is 10.2. The number of carbonyl (C=O) groups excluding carboxylic acids is 1. The normalized spacial score (nSPS) is 23.0. The summed E-state index contributed by atoms with van der Waals surface area (Å²) in [5.74, 6) is -2.15. The summed E-state index contributed by atoms with van der Waals surface area (Å²) in [6.07, 6.45) is 2.92. The minimum absolute atomic E-state index is 0.127. The molecule has 0 spiro atoms. The van der Waals surface area contributed by atoms with Crippen LogP contribution < -0.4 is 10.5 Å². The molecule has 5 rings (SSSR count). The number of phenolic OH excluding ortho intramolecular Hbond substituents is 1. The molecule has 0 aliphatic carbocycles. The fourth-order valence-corrected chi connectivity index (χ4v) is 6.69. The van der Waals surface area contributed by atoms with Gasteiger partial charge in [0.25, 0.3) is 5.56 Å². The number of H-pyrrole nitrogens is 1. The van der Waals surface area contributed by atoms with Crippen molar-refractivity contribution in [1.82, 2.24) is 19.4 Å². The highest BCUT2D eigenvalue weighted by Crippen LogP contribution is 2.38. The topological polar surface area (TPSA) is 110 Å². The lowest BCUT2D eigenvalue weighted by molar-refractivity contribution is -0.135. The van der Waals surface area contributed by atoms with Crippen LogP contribution in [0.2, 0.25) is 0 Å². The standard InChI is InChI=1S/C28H31F2N5O4S/c1-40(39)35-14-13-33(12-2-3-25(35)18-4-7-20(36)8-5-18)28(38)23-17-34(26-10-11-27(37)32-31-26)16-22(23)21-9-6-19(29)15-24(21)30/h4-11,15,22-23,25,36H,2-3,12-14,16-17H2,1H3,(H,32,37)/t22-,23+,25?,40?/m0/s1. The molecule has 1 aromatic heterocycles. The molecule has 2 unspecified atom stereocenters. The van der Waals surface area contributed by atoms with E-state index in [1.54, 1.807) is 29.4 Å². The van der Waals surface area contributed by atoms with E-state index in [1.165, 1.54) is 18.2 Å². The Bertz CT molecular complexity index is 1430. The second kappa shape index (κ2) is 11.8. The van der Waals surface area contributed by atoms with E-state index in [-0.39, 0.29) is 41.9 Å². The Morgan fingerprint density at radius 2 is 1.82 bits per heavy atom. The van der Waals surface area contributed by atoms with Gasteiger partial charge in [-0.25, -0.2) is 22.4 Å². The highest BCUT2D eigenvalue weighted by atomic mass is 32.2. The summed E-state index contributed by atoms with van der Waals surface area (Å²) in [5, 5.41) is 16.2. The summed E-state index contributed by atoms with van der Waals surface area (Å²) in [6.45, 7) is 1.69. The van der Waals surface area contributed by atoms with Crippen LogP contribution in [-0.2, 0) is 15.8 Å². The van der Waals surface area contributed by atoms with E-state index < -0.39 is 34.5 Å². The zero-order valence-electron chi connectivity index (χ0n) is 22.0. The average Bonchev–Trinajstić information content (AvgIpc) is 3.34. The number of carbonyl (C=O) groups is 1. The third-order valence-electron chi connectivity index (χ3n) is 7.75. The lowest BCUT2D eigenvalue weighted by atomic mass is 9.87. The van der Waals surface area contributed by atoms with Crippen molar-refractivity contribution in [3.05, 3.63) is 87.7 Å². The molecule has 3 aromatic rings. The molecule has 212 valence electrons. The Hall–Kier alpha value is -3.64. The van der Waals surface area contributed by atoms with Gasteiger partial charge in [-0.05, 0) is 48.2 Å². The molecule has 9 nitrogen and oxygen atoms in total. The Balaban J connectivity index is 1.39. The summed E-state index contributed by atoms with van der Waals surface area (Å²) in [4.78, 5) is 29.1. The molecule has 2 fully saturated rings. The maximum absolute atomic E-state index is 14.9. The van der Waals surface area contributed by atoms with Gasteiger partial charge in [-0.1, -0.05) is 18.2 Å². The van der Waals surface area contributed by atoms with E-state index >= 15 is 0 Å². The Morgan fingerprint density at radius 3 is 2.50 bits per heavy atom. The number of aromatic hydroxyl groups is 1. The maximum Gasteiger partial charge on any atom is 0.264 e. The molecule has 2 aliphatic rings. The molecule has 2 aromatic carbocycles. The van der Waals surface area contributed by atoms with Crippen molar-refractivity contribution in [3.8, 4) is 5.75 Å². The van der Waals surface area contributed by atoms with Crippen LogP contribution >= 0.6 is 0 Å². The van der Waals surface area contributed by atoms with E-state index in [0.717, 1.165) is 11.6 Å². The molecular weight excluding hydrogens is 540 g/mol. The Morgan fingerprint density at radius 1 is 1.05 bits per heavy atom. The van der Waals surface area contributed by atoms with E-state index in [2.05, 4.69) is 10.2 Å². The van der Waals surface area contributed by atoms with Crippen LogP contribution in [0, 0.1) is 17.6 Å². The van der Waals surface area contributed by atoms with Gasteiger partial charge in [0.05, 0.1) is 16.9 Å². The number of halogens is 2. The van der Waals surface area contributed by atoms with Crippen molar-refractivity contribution in [2.75, 3.05) is 43.9 Å². The molecular formula is C28H31F2N5O4S. The smallest absolute Gasteiger partial charge is 0.264 e. The summed E-state index contributed by atoms with van der Waals surface area (Å²) in [6, 6.07) is 13.0. The second-order valence-corrected chi connectivity index (χ2v) is 11.5. The maximum atomic E-state index is 14.9. The van der Waals surface area contributed by atoms with Crippen molar-refractivity contribution in [2.24, 2.45) is 5.92 Å². The molecule has 0 saturated carbocycles. The molecule has 0 radical (unpaired) electrons. The number of nitrogens with one attached hydrogen (secondary N) is 1. The van der Waals surface area contributed by atoms with Gasteiger partial charge in [-0.3, -0.25) is 9.59 Å². The summed E-state index contributed by atoms with van der Waals surface area (Å²) in [5.41, 5.74) is 0.836. The van der Waals surface area contributed by atoms with Gasteiger partial charge in [-0.15, -0.1) is 0 Å². The van der Waals surface area contributed by atoms with Crippen LogP contribution in [0.15, 0.2) is 59.4 Å². The number of nitrogens with zero attached hydrogens (tertiary/aromatic N) is 4. The summed E-state index contributed by atoms with van der Waals surface area (Å²) >= 11 is 0. The monoisotopic (exact) mass is 571 g/mol. The van der Waals surface area contributed by atoms with Crippen LogP contribution in [0.4, 0.5) is 14.6 Å². The first-order valence-electron chi connectivity index (χ1n) is 13.1. The van der Waals surface area contributed by atoms with Crippen LogP contribution in [0.25, 0.3) is 0 Å². The number of hydrogen-bond donors (Lipinski definition) is 2. The number of phenols is 1. The predicted molar refractivity (Wildman–Crippen MR) is 147 cm³/mol.